The van der Waals surface area contributed by atoms with Gasteiger partial charge in [0.15, 0.2) is 0 Å². The highest BCUT2D eigenvalue weighted by atomic mass is 32.1. The average molecular weight is 492 g/mol. The van der Waals surface area contributed by atoms with E-state index in [0.717, 1.165) is 23.4 Å². The van der Waals surface area contributed by atoms with Gasteiger partial charge in [-0.3, -0.25) is 0 Å². The average Bonchev–Trinajstić information content (AvgIpc) is 3.43. The van der Waals surface area contributed by atoms with Crippen LogP contribution in [-0.2, 0) is 6.42 Å². The molecule has 2 aromatic carbocycles. The van der Waals surface area contributed by atoms with Crippen LogP contribution in [0.15, 0.2) is 61.0 Å². The lowest BCUT2D eigenvalue weighted by Gasteiger charge is -2.25. The molecule has 1 N–H and O–H groups in total. The maximum atomic E-state index is 4.19. The van der Waals surface area contributed by atoms with E-state index in [9.17, 15) is 0 Å². The van der Waals surface area contributed by atoms with Gasteiger partial charge in [-0.15, -0.1) is 11.3 Å². The molecule has 4 rings (SSSR count). The van der Waals surface area contributed by atoms with Gasteiger partial charge >= 0.3 is 0 Å². The van der Waals surface area contributed by atoms with Gasteiger partial charge in [-0.2, -0.15) is 0 Å². The van der Waals surface area contributed by atoms with Crippen LogP contribution in [0.5, 0.6) is 0 Å². The second kappa shape index (κ2) is 17.8. The Kier molecular flexibility index (Phi) is 16.5. The van der Waals surface area contributed by atoms with Gasteiger partial charge in [-0.05, 0) is 53.1 Å². The standard InChI is InChI=1S/C23H21NS.C4H10.3C2H6/c1-5-16-10-11-20-22(19-12-13-25-23(19)15(4)24-20)21(16)18-8-6-17(7-9-18)14(2)3;1-3-4-2;3*1-2/h6-13,24H,2,4-5H2,1,3H3;3-4H2,1-2H3;3*1-2H3. The molecular weight excluding hydrogens is 442 g/mol. The summed E-state index contributed by atoms with van der Waals surface area (Å²) in [5.41, 5.74) is 11.0. The zero-order chi connectivity index (χ0) is 27.0. The van der Waals surface area contributed by atoms with E-state index in [2.05, 4.69) is 87.1 Å². The molecule has 0 bridgehead atoms. The van der Waals surface area contributed by atoms with E-state index >= 15 is 0 Å². The van der Waals surface area contributed by atoms with E-state index in [4.69, 9.17) is 0 Å². The van der Waals surface area contributed by atoms with Gasteiger partial charge in [0.05, 0.1) is 4.88 Å². The Bertz CT molecular complexity index is 1020. The van der Waals surface area contributed by atoms with Crippen molar-refractivity contribution in [2.75, 3.05) is 5.32 Å². The quantitative estimate of drug-likeness (QED) is 0.382. The van der Waals surface area contributed by atoms with Crippen LogP contribution in [0.4, 0.5) is 5.69 Å². The minimum absolute atomic E-state index is 0.991. The molecule has 0 spiro atoms. The third kappa shape index (κ3) is 8.25. The van der Waals surface area contributed by atoms with Crippen molar-refractivity contribution < 1.29 is 0 Å². The first-order chi connectivity index (χ1) is 17.0. The van der Waals surface area contributed by atoms with Crippen molar-refractivity contribution in [2.45, 2.75) is 88.5 Å². The number of unbranched alkanes of at least 4 members (excludes halogenated alkanes) is 1. The van der Waals surface area contributed by atoms with Crippen molar-refractivity contribution in [3.63, 3.8) is 0 Å². The number of fused-ring (bicyclic) bond motifs is 3. The zero-order valence-electron chi connectivity index (χ0n) is 24.1. The topological polar surface area (TPSA) is 12.0 Å². The fraction of sp³-hybridized carbons (Fsp3) is 0.394. The monoisotopic (exact) mass is 491 g/mol. The van der Waals surface area contributed by atoms with Crippen LogP contribution in [0.25, 0.3) is 33.5 Å². The summed E-state index contributed by atoms with van der Waals surface area (Å²) in [7, 11) is 0. The van der Waals surface area contributed by atoms with Crippen molar-refractivity contribution in [3.8, 4) is 22.3 Å². The van der Waals surface area contributed by atoms with E-state index in [0.29, 0.717) is 0 Å². The van der Waals surface area contributed by atoms with Crippen LogP contribution in [0.2, 0.25) is 0 Å². The molecule has 0 atom stereocenters. The molecule has 2 heterocycles. The summed E-state index contributed by atoms with van der Waals surface area (Å²) >= 11 is 1.75. The molecule has 0 unspecified atom stereocenters. The van der Waals surface area contributed by atoms with Gasteiger partial charge in [0.2, 0.25) is 0 Å². The Morgan fingerprint density at radius 3 is 1.86 bits per heavy atom. The summed E-state index contributed by atoms with van der Waals surface area (Å²) in [5, 5.41) is 5.65. The first kappa shape index (κ1) is 32.4. The largest absolute Gasteiger partial charge is 0.354 e. The molecule has 0 aliphatic carbocycles. The summed E-state index contributed by atoms with van der Waals surface area (Å²) in [6, 6.07) is 15.4. The Labute approximate surface area is 221 Å². The third-order valence-electron chi connectivity index (χ3n) is 5.33. The molecule has 0 saturated heterocycles. The van der Waals surface area contributed by atoms with Crippen molar-refractivity contribution in [1.29, 1.82) is 0 Å². The second-order valence-corrected chi connectivity index (χ2v) is 8.42. The highest BCUT2D eigenvalue weighted by molar-refractivity contribution is 7.11. The summed E-state index contributed by atoms with van der Waals surface area (Å²) in [5.74, 6) is 0. The minimum atomic E-state index is 0.991. The molecule has 0 fully saturated rings. The number of nitrogens with one attached hydrogen (secondary N) is 1. The Hall–Kier alpha value is -2.58. The van der Waals surface area contributed by atoms with Crippen molar-refractivity contribution in [3.05, 3.63) is 77.0 Å². The SMILES string of the molecule is C=C(C)c1ccc(-c2c(CC)ccc3c2-c2ccsc2C(=C)N3)cc1.CC.CC.CC.CCCC. The van der Waals surface area contributed by atoms with E-state index in [1.54, 1.807) is 11.3 Å². The number of allylic oxidation sites excluding steroid dienone is 1. The lowest BCUT2D eigenvalue weighted by molar-refractivity contribution is 0.886. The lowest BCUT2D eigenvalue weighted by Crippen LogP contribution is -2.07. The molecule has 192 valence electrons. The maximum Gasteiger partial charge on any atom is 0.0578 e. The fourth-order valence-corrected chi connectivity index (χ4v) is 4.37. The summed E-state index contributed by atoms with van der Waals surface area (Å²) < 4.78 is 0. The smallest absolute Gasteiger partial charge is 0.0578 e. The number of hydrogen-bond donors (Lipinski definition) is 1. The zero-order valence-corrected chi connectivity index (χ0v) is 24.9. The molecule has 0 amide bonds. The number of anilines is 1. The molecule has 2 heteroatoms. The van der Waals surface area contributed by atoms with Crippen molar-refractivity contribution in [1.82, 2.24) is 0 Å². The number of aryl methyl sites for hydroxylation is 1. The molecule has 3 aromatic rings. The van der Waals surface area contributed by atoms with Crippen LogP contribution < -0.4 is 5.32 Å². The van der Waals surface area contributed by atoms with Crippen LogP contribution in [0.1, 0.15) is 98.1 Å². The van der Waals surface area contributed by atoms with Crippen LogP contribution in [0.3, 0.4) is 0 Å². The summed E-state index contributed by atoms with van der Waals surface area (Å²) in [6.07, 6.45) is 3.64. The molecule has 1 nitrogen and oxygen atoms in total. The molecule has 1 aromatic heterocycles. The van der Waals surface area contributed by atoms with E-state index in [1.165, 1.54) is 51.1 Å². The van der Waals surface area contributed by atoms with E-state index in [-0.39, 0.29) is 0 Å². The minimum Gasteiger partial charge on any atom is -0.354 e. The first-order valence-corrected chi connectivity index (χ1v) is 14.4. The van der Waals surface area contributed by atoms with Crippen molar-refractivity contribution in [2.24, 2.45) is 0 Å². The van der Waals surface area contributed by atoms with Gasteiger partial charge in [-0.25, -0.2) is 0 Å². The Morgan fingerprint density at radius 2 is 1.37 bits per heavy atom. The number of benzene rings is 2. The second-order valence-electron chi connectivity index (χ2n) is 7.50. The van der Waals surface area contributed by atoms with E-state index in [1.807, 2.05) is 48.5 Å². The normalized spacial score (nSPS) is 10.2. The molecule has 1 aliphatic heterocycles. The molecule has 1 aliphatic rings. The van der Waals surface area contributed by atoms with Gasteiger partial charge in [0, 0.05) is 22.5 Å². The van der Waals surface area contributed by atoms with Gasteiger partial charge in [0.25, 0.3) is 0 Å². The predicted molar refractivity (Wildman–Crippen MR) is 167 cm³/mol. The summed E-state index contributed by atoms with van der Waals surface area (Å²) in [6.45, 7) is 28.9. The Balaban J connectivity index is 0.00000102. The molecule has 35 heavy (non-hydrogen) atoms. The first-order valence-electron chi connectivity index (χ1n) is 13.5. The molecule has 0 saturated carbocycles. The fourth-order valence-electron chi connectivity index (χ4n) is 3.53. The van der Waals surface area contributed by atoms with E-state index < -0.39 is 0 Å². The van der Waals surface area contributed by atoms with Crippen LogP contribution >= 0.6 is 11.3 Å². The van der Waals surface area contributed by atoms with Gasteiger partial charge < -0.3 is 5.32 Å². The Morgan fingerprint density at radius 1 is 0.800 bits per heavy atom. The van der Waals surface area contributed by atoms with Gasteiger partial charge in [0.1, 0.15) is 0 Å². The number of rotatable bonds is 4. The number of hydrogen-bond acceptors (Lipinski definition) is 2. The summed E-state index contributed by atoms with van der Waals surface area (Å²) in [4.78, 5) is 1.24. The predicted octanol–water partition coefficient (Wildman–Crippen LogP) is 12.0. The van der Waals surface area contributed by atoms with Crippen LogP contribution in [-0.4, -0.2) is 0 Å². The highest BCUT2D eigenvalue weighted by Gasteiger charge is 2.24. The highest BCUT2D eigenvalue weighted by Crippen LogP contribution is 2.48. The van der Waals surface area contributed by atoms with Crippen molar-refractivity contribution >= 4 is 28.3 Å². The third-order valence-corrected chi connectivity index (χ3v) is 6.31. The number of thiophene rings is 1. The van der Waals surface area contributed by atoms with Gasteiger partial charge in [-0.1, -0.05) is 124 Å². The molecule has 0 radical (unpaired) electrons. The molecular formula is C33H49NS. The maximum absolute atomic E-state index is 4.19. The van der Waals surface area contributed by atoms with Crippen LogP contribution in [0, 0.1) is 0 Å². The lowest BCUT2D eigenvalue weighted by atomic mass is 9.86.